The van der Waals surface area contributed by atoms with Gasteiger partial charge in [-0.25, -0.2) is 5.43 Å². The molecule has 0 saturated heterocycles. The van der Waals surface area contributed by atoms with Crippen LogP contribution in [0.25, 0.3) is 6.08 Å². The Morgan fingerprint density at radius 1 is 1.08 bits per heavy atom. The van der Waals surface area contributed by atoms with Gasteiger partial charge in [0.1, 0.15) is 5.70 Å². The van der Waals surface area contributed by atoms with Crippen molar-refractivity contribution in [3.63, 3.8) is 0 Å². The number of nitrogens with zero attached hydrogens (tertiary/aromatic N) is 1. The van der Waals surface area contributed by atoms with Gasteiger partial charge in [0.15, 0.2) is 23.0 Å². The molecule has 9 nitrogen and oxygen atoms in total. The average Bonchev–Trinajstić information content (AvgIpc) is 3.35. The van der Waals surface area contributed by atoms with E-state index in [2.05, 4.69) is 15.8 Å². The Kier molecular flexibility index (Phi) is 8.06. The number of benzene rings is 3. The summed E-state index contributed by atoms with van der Waals surface area (Å²) in [4.78, 5) is 25.7. The first-order valence-corrected chi connectivity index (χ1v) is 12.0. The number of hydrogen-bond donors (Lipinski definition) is 3. The molecule has 2 amide bonds. The van der Waals surface area contributed by atoms with E-state index in [-0.39, 0.29) is 18.2 Å². The second-order valence-corrected chi connectivity index (χ2v) is 8.63. The maximum absolute atomic E-state index is 13.0. The van der Waals surface area contributed by atoms with E-state index >= 15 is 0 Å². The molecule has 3 N–H and O–H groups in total. The standard InChI is InChI=1S/C26H22IN3O6/c1-2-34-23-13-17(10-19(27)24(23)31)14-28-30-26(33)20(29-25(32)18-6-4-3-5-7-18)11-16-8-9-21-22(12-16)36-15-35-21/h3-14,31H,2,15H2,1H3,(H,29,32)(H,30,33)/b20-11?,28-14+. The van der Waals surface area contributed by atoms with Crippen molar-refractivity contribution in [3.8, 4) is 23.0 Å². The van der Waals surface area contributed by atoms with Crippen molar-refractivity contribution in [3.05, 3.63) is 86.6 Å². The van der Waals surface area contributed by atoms with E-state index in [0.717, 1.165) is 0 Å². The Morgan fingerprint density at radius 2 is 1.86 bits per heavy atom. The van der Waals surface area contributed by atoms with Crippen molar-refractivity contribution >= 4 is 46.7 Å². The quantitative estimate of drug-likeness (QED) is 0.156. The highest BCUT2D eigenvalue weighted by Crippen LogP contribution is 2.33. The molecule has 0 saturated carbocycles. The number of amides is 2. The molecule has 0 fully saturated rings. The molecule has 3 aromatic rings. The number of fused-ring (bicyclic) bond motifs is 1. The monoisotopic (exact) mass is 599 g/mol. The van der Waals surface area contributed by atoms with Crippen LogP contribution in [0.3, 0.4) is 0 Å². The fourth-order valence-corrected chi connectivity index (χ4v) is 3.90. The van der Waals surface area contributed by atoms with Crippen molar-refractivity contribution < 1.29 is 28.9 Å². The van der Waals surface area contributed by atoms with Gasteiger partial charge in [-0.05, 0) is 83.1 Å². The van der Waals surface area contributed by atoms with Crippen molar-refractivity contribution in [2.45, 2.75) is 6.92 Å². The summed E-state index contributed by atoms with van der Waals surface area (Å²) in [6, 6.07) is 17.0. The minimum atomic E-state index is -0.633. The third-order valence-corrected chi connectivity index (χ3v) is 5.79. The normalized spacial score (nSPS) is 12.4. The highest BCUT2D eigenvalue weighted by Gasteiger charge is 2.17. The van der Waals surface area contributed by atoms with Gasteiger partial charge in [0.05, 0.1) is 16.4 Å². The predicted octanol–water partition coefficient (Wildman–Crippen LogP) is 4.05. The third-order valence-electron chi connectivity index (χ3n) is 4.97. The zero-order valence-corrected chi connectivity index (χ0v) is 21.3. The number of hydrazone groups is 1. The lowest BCUT2D eigenvalue weighted by molar-refractivity contribution is -0.117. The second-order valence-electron chi connectivity index (χ2n) is 7.47. The first kappa shape index (κ1) is 25.0. The van der Waals surface area contributed by atoms with Gasteiger partial charge in [-0.3, -0.25) is 9.59 Å². The Labute approximate surface area is 220 Å². The lowest BCUT2D eigenvalue weighted by Crippen LogP contribution is -2.32. The molecule has 0 unspecified atom stereocenters. The van der Waals surface area contributed by atoms with E-state index in [1.165, 1.54) is 12.3 Å². The van der Waals surface area contributed by atoms with Gasteiger partial charge in [0, 0.05) is 5.56 Å². The van der Waals surface area contributed by atoms with Crippen LogP contribution in [0.2, 0.25) is 0 Å². The van der Waals surface area contributed by atoms with Crippen LogP contribution in [0.4, 0.5) is 0 Å². The smallest absolute Gasteiger partial charge is 0.287 e. The summed E-state index contributed by atoms with van der Waals surface area (Å²) < 4.78 is 16.7. The lowest BCUT2D eigenvalue weighted by atomic mass is 10.1. The van der Waals surface area contributed by atoms with Crippen LogP contribution in [0.15, 0.2) is 71.5 Å². The highest BCUT2D eigenvalue weighted by molar-refractivity contribution is 14.1. The second kappa shape index (κ2) is 11.6. The molecule has 1 aliphatic rings. The molecule has 1 aliphatic heterocycles. The molecule has 4 rings (SSSR count). The number of ether oxygens (including phenoxy) is 3. The summed E-state index contributed by atoms with van der Waals surface area (Å²) in [5, 5.41) is 16.8. The summed E-state index contributed by atoms with van der Waals surface area (Å²) >= 11 is 1.98. The molecule has 0 aliphatic carbocycles. The fraction of sp³-hybridized carbons (Fsp3) is 0.115. The molecule has 3 aromatic carbocycles. The molecule has 0 radical (unpaired) electrons. The van der Waals surface area contributed by atoms with Gasteiger partial charge in [-0.2, -0.15) is 5.10 Å². The minimum Gasteiger partial charge on any atom is -0.504 e. The number of phenols is 1. The van der Waals surface area contributed by atoms with Crippen LogP contribution in [0.5, 0.6) is 23.0 Å². The molecule has 0 spiro atoms. The molecular weight excluding hydrogens is 577 g/mol. The zero-order chi connectivity index (χ0) is 25.5. The van der Waals surface area contributed by atoms with E-state index in [9.17, 15) is 14.7 Å². The number of carbonyl (C=O) groups is 2. The topological polar surface area (TPSA) is 118 Å². The maximum Gasteiger partial charge on any atom is 0.287 e. The van der Waals surface area contributed by atoms with Gasteiger partial charge >= 0.3 is 0 Å². The van der Waals surface area contributed by atoms with Gasteiger partial charge in [0.25, 0.3) is 11.8 Å². The van der Waals surface area contributed by atoms with E-state index in [1.54, 1.807) is 60.7 Å². The van der Waals surface area contributed by atoms with Crippen LogP contribution >= 0.6 is 22.6 Å². The first-order chi connectivity index (χ1) is 17.4. The number of carbonyl (C=O) groups excluding carboxylic acids is 2. The van der Waals surface area contributed by atoms with Crippen molar-refractivity contribution in [1.29, 1.82) is 0 Å². The minimum absolute atomic E-state index is 0.0184. The average molecular weight is 599 g/mol. The summed E-state index contributed by atoms with van der Waals surface area (Å²) in [5.41, 5.74) is 4.04. The fourth-order valence-electron chi connectivity index (χ4n) is 3.27. The van der Waals surface area contributed by atoms with Gasteiger partial charge < -0.3 is 24.6 Å². The van der Waals surface area contributed by atoms with Crippen LogP contribution in [0.1, 0.15) is 28.4 Å². The maximum atomic E-state index is 13.0. The number of halogens is 1. The summed E-state index contributed by atoms with van der Waals surface area (Å²) in [7, 11) is 0. The largest absolute Gasteiger partial charge is 0.504 e. The molecule has 0 aromatic heterocycles. The number of hydrogen-bond acceptors (Lipinski definition) is 7. The summed E-state index contributed by atoms with van der Waals surface area (Å²) in [6.07, 6.45) is 2.93. The summed E-state index contributed by atoms with van der Waals surface area (Å²) in [5.74, 6) is 0.420. The van der Waals surface area contributed by atoms with Crippen LogP contribution < -0.4 is 25.0 Å². The van der Waals surface area contributed by atoms with Crippen LogP contribution in [-0.4, -0.2) is 36.5 Å². The van der Waals surface area contributed by atoms with E-state index in [0.29, 0.717) is 44.1 Å². The highest BCUT2D eigenvalue weighted by atomic mass is 127. The predicted molar refractivity (Wildman–Crippen MR) is 142 cm³/mol. The molecule has 36 heavy (non-hydrogen) atoms. The van der Waals surface area contributed by atoms with Gasteiger partial charge in [-0.15, -0.1) is 0 Å². The Balaban J connectivity index is 1.56. The lowest BCUT2D eigenvalue weighted by Gasteiger charge is -2.10. The van der Waals surface area contributed by atoms with Crippen molar-refractivity contribution in [1.82, 2.24) is 10.7 Å². The molecule has 184 valence electrons. The molecule has 10 heteroatoms. The zero-order valence-electron chi connectivity index (χ0n) is 19.2. The Morgan fingerprint density at radius 3 is 2.64 bits per heavy atom. The Bertz CT molecular complexity index is 1340. The van der Waals surface area contributed by atoms with Gasteiger partial charge in [0.2, 0.25) is 6.79 Å². The molecule has 0 bridgehead atoms. The van der Waals surface area contributed by atoms with Gasteiger partial charge in [-0.1, -0.05) is 24.3 Å². The molecular formula is C26H22IN3O6. The first-order valence-electron chi connectivity index (χ1n) is 10.9. The summed E-state index contributed by atoms with van der Waals surface area (Å²) in [6.45, 7) is 2.32. The Hall–Kier alpha value is -4.06. The van der Waals surface area contributed by atoms with E-state index < -0.39 is 11.8 Å². The number of rotatable bonds is 8. The number of phenolic OH excluding ortho intramolecular Hbond substituents is 1. The van der Waals surface area contributed by atoms with E-state index in [1.807, 2.05) is 29.5 Å². The number of aromatic hydroxyl groups is 1. The van der Waals surface area contributed by atoms with Crippen molar-refractivity contribution in [2.24, 2.45) is 5.10 Å². The molecule has 1 heterocycles. The number of nitrogens with one attached hydrogen (secondary N) is 2. The van der Waals surface area contributed by atoms with Crippen molar-refractivity contribution in [2.75, 3.05) is 13.4 Å². The van der Waals surface area contributed by atoms with Crippen LogP contribution in [0, 0.1) is 3.57 Å². The van der Waals surface area contributed by atoms with E-state index in [4.69, 9.17) is 14.2 Å². The SMILES string of the molecule is CCOc1cc(/C=N/NC(=O)C(=Cc2ccc3c(c2)OCO3)NC(=O)c2ccccc2)cc(I)c1O. The molecule has 0 atom stereocenters. The van der Waals surface area contributed by atoms with Crippen LogP contribution in [-0.2, 0) is 4.79 Å². The third kappa shape index (κ3) is 6.13.